The van der Waals surface area contributed by atoms with Crippen LogP contribution in [0.3, 0.4) is 0 Å². The number of nitrogens with zero attached hydrogens (tertiary/aromatic N) is 2. The zero-order chi connectivity index (χ0) is 13.7. The van der Waals surface area contributed by atoms with Crippen LogP contribution in [-0.2, 0) is 6.61 Å². The van der Waals surface area contributed by atoms with Crippen LogP contribution in [0.25, 0.3) is 0 Å². The van der Waals surface area contributed by atoms with Gasteiger partial charge in [-0.05, 0) is 30.3 Å². The summed E-state index contributed by atoms with van der Waals surface area (Å²) < 4.78 is 5.55. The van der Waals surface area contributed by atoms with Gasteiger partial charge in [-0.25, -0.2) is 0 Å². The maximum Gasteiger partial charge on any atom is 0.170 e. The second-order valence-corrected chi connectivity index (χ2v) is 4.15. The molecule has 6 heteroatoms. The van der Waals surface area contributed by atoms with E-state index in [9.17, 15) is 0 Å². The number of pyridine rings is 1. The molecule has 0 atom stereocenters. The Bertz CT molecular complexity index is 588. The zero-order valence-electron chi connectivity index (χ0n) is 9.95. The SMILES string of the molecule is NC(=NO)c1ccc(OCc2ccccn2)c(Cl)c1. The summed E-state index contributed by atoms with van der Waals surface area (Å²) >= 11 is 6.06. The van der Waals surface area contributed by atoms with Crippen LogP contribution in [0, 0.1) is 0 Å². The van der Waals surface area contributed by atoms with E-state index in [4.69, 9.17) is 27.3 Å². The average Bonchev–Trinajstić information content (AvgIpc) is 2.46. The van der Waals surface area contributed by atoms with Crippen LogP contribution in [0.2, 0.25) is 5.02 Å². The third kappa shape index (κ3) is 3.35. The lowest BCUT2D eigenvalue weighted by atomic mass is 10.2. The number of halogens is 1. The summed E-state index contributed by atoms with van der Waals surface area (Å²) in [6.07, 6.45) is 1.70. The Morgan fingerprint density at radius 2 is 2.21 bits per heavy atom. The minimum atomic E-state index is -0.00169. The number of hydrogen-bond acceptors (Lipinski definition) is 4. The van der Waals surface area contributed by atoms with E-state index in [0.29, 0.717) is 22.9 Å². The maximum absolute atomic E-state index is 8.58. The molecule has 0 aliphatic rings. The Labute approximate surface area is 115 Å². The number of amidine groups is 1. The van der Waals surface area contributed by atoms with Crippen molar-refractivity contribution in [1.82, 2.24) is 4.98 Å². The minimum Gasteiger partial charge on any atom is -0.486 e. The average molecular weight is 278 g/mol. The first-order valence-electron chi connectivity index (χ1n) is 5.51. The van der Waals surface area contributed by atoms with Gasteiger partial charge in [0.2, 0.25) is 0 Å². The molecular formula is C13H12ClN3O2. The van der Waals surface area contributed by atoms with Gasteiger partial charge < -0.3 is 15.7 Å². The van der Waals surface area contributed by atoms with Gasteiger partial charge in [0, 0.05) is 11.8 Å². The summed E-state index contributed by atoms with van der Waals surface area (Å²) in [6.45, 7) is 0.323. The van der Waals surface area contributed by atoms with Crippen LogP contribution in [0.1, 0.15) is 11.3 Å². The van der Waals surface area contributed by atoms with Gasteiger partial charge >= 0.3 is 0 Å². The van der Waals surface area contributed by atoms with Crippen molar-refractivity contribution in [3.8, 4) is 5.75 Å². The molecule has 1 aromatic carbocycles. The van der Waals surface area contributed by atoms with Crippen molar-refractivity contribution in [3.63, 3.8) is 0 Å². The molecule has 1 aromatic heterocycles. The fourth-order valence-corrected chi connectivity index (χ4v) is 1.71. The van der Waals surface area contributed by atoms with E-state index in [1.807, 2.05) is 18.2 Å². The van der Waals surface area contributed by atoms with Crippen LogP contribution >= 0.6 is 11.6 Å². The zero-order valence-corrected chi connectivity index (χ0v) is 10.7. The van der Waals surface area contributed by atoms with E-state index < -0.39 is 0 Å². The van der Waals surface area contributed by atoms with Crippen molar-refractivity contribution in [1.29, 1.82) is 0 Å². The number of benzene rings is 1. The summed E-state index contributed by atoms with van der Waals surface area (Å²) in [6, 6.07) is 10.5. The fraction of sp³-hybridized carbons (Fsp3) is 0.0769. The molecule has 0 fully saturated rings. The van der Waals surface area contributed by atoms with Crippen molar-refractivity contribution in [2.75, 3.05) is 0 Å². The highest BCUT2D eigenvalue weighted by Crippen LogP contribution is 2.26. The van der Waals surface area contributed by atoms with Crippen LogP contribution in [-0.4, -0.2) is 16.0 Å². The van der Waals surface area contributed by atoms with E-state index in [2.05, 4.69) is 10.1 Å². The number of nitrogens with two attached hydrogens (primary N) is 1. The molecule has 0 spiro atoms. The molecule has 0 saturated carbocycles. The fourth-order valence-electron chi connectivity index (χ4n) is 1.47. The van der Waals surface area contributed by atoms with Crippen LogP contribution < -0.4 is 10.5 Å². The molecular weight excluding hydrogens is 266 g/mol. The molecule has 0 bridgehead atoms. The molecule has 98 valence electrons. The first kappa shape index (κ1) is 13.2. The molecule has 0 unspecified atom stereocenters. The summed E-state index contributed by atoms with van der Waals surface area (Å²) in [4.78, 5) is 4.14. The normalized spacial score (nSPS) is 11.3. The molecule has 0 amide bonds. The van der Waals surface area contributed by atoms with Crippen LogP contribution in [0.15, 0.2) is 47.8 Å². The quantitative estimate of drug-likeness (QED) is 0.389. The lowest BCUT2D eigenvalue weighted by Crippen LogP contribution is -2.12. The van der Waals surface area contributed by atoms with Crippen LogP contribution in [0.4, 0.5) is 0 Å². The topological polar surface area (TPSA) is 80.7 Å². The van der Waals surface area contributed by atoms with Crippen molar-refractivity contribution in [2.24, 2.45) is 10.9 Å². The summed E-state index contributed by atoms with van der Waals surface area (Å²) in [5.74, 6) is 0.514. The highest BCUT2D eigenvalue weighted by atomic mass is 35.5. The van der Waals surface area contributed by atoms with E-state index >= 15 is 0 Å². The first-order chi connectivity index (χ1) is 9.20. The summed E-state index contributed by atoms with van der Waals surface area (Å²) in [7, 11) is 0. The standard InChI is InChI=1S/C13H12ClN3O2/c14-11-7-9(13(15)17-18)4-5-12(11)19-8-10-3-1-2-6-16-10/h1-7,18H,8H2,(H2,15,17). The number of rotatable bonds is 4. The molecule has 0 saturated heterocycles. The number of hydrogen-bond donors (Lipinski definition) is 2. The predicted octanol–water partition coefficient (Wildman–Crippen LogP) is 2.41. The van der Waals surface area contributed by atoms with Gasteiger partial charge in [-0.3, -0.25) is 4.98 Å². The van der Waals surface area contributed by atoms with Gasteiger partial charge in [0.25, 0.3) is 0 Å². The van der Waals surface area contributed by atoms with Crippen molar-refractivity contribution in [3.05, 3.63) is 58.9 Å². The Balaban J connectivity index is 2.10. The Morgan fingerprint density at radius 1 is 1.37 bits per heavy atom. The number of aromatic nitrogens is 1. The van der Waals surface area contributed by atoms with Crippen molar-refractivity contribution >= 4 is 17.4 Å². The molecule has 2 rings (SSSR count). The van der Waals surface area contributed by atoms with E-state index in [-0.39, 0.29) is 5.84 Å². The highest BCUT2D eigenvalue weighted by Gasteiger charge is 2.06. The van der Waals surface area contributed by atoms with Crippen molar-refractivity contribution < 1.29 is 9.94 Å². The highest BCUT2D eigenvalue weighted by molar-refractivity contribution is 6.32. The van der Waals surface area contributed by atoms with Gasteiger partial charge in [0.05, 0.1) is 10.7 Å². The molecule has 2 aromatic rings. The Kier molecular flexibility index (Phi) is 4.20. The molecule has 0 radical (unpaired) electrons. The second kappa shape index (κ2) is 6.06. The number of ether oxygens (including phenoxy) is 1. The van der Waals surface area contributed by atoms with E-state index in [1.165, 1.54) is 0 Å². The second-order valence-electron chi connectivity index (χ2n) is 3.74. The van der Waals surface area contributed by atoms with Crippen LogP contribution in [0.5, 0.6) is 5.75 Å². The summed E-state index contributed by atoms with van der Waals surface area (Å²) in [5.41, 5.74) is 6.80. The van der Waals surface area contributed by atoms with Gasteiger partial charge in [-0.2, -0.15) is 0 Å². The predicted molar refractivity (Wildman–Crippen MR) is 72.5 cm³/mol. The lowest BCUT2D eigenvalue weighted by molar-refractivity contribution is 0.301. The minimum absolute atomic E-state index is 0.00169. The van der Waals surface area contributed by atoms with Gasteiger partial charge in [0.1, 0.15) is 12.4 Å². The molecule has 5 nitrogen and oxygen atoms in total. The number of oxime groups is 1. The largest absolute Gasteiger partial charge is 0.486 e. The third-order valence-corrected chi connectivity index (χ3v) is 2.73. The first-order valence-corrected chi connectivity index (χ1v) is 5.88. The molecule has 0 aliphatic heterocycles. The monoisotopic (exact) mass is 277 g/mol. The molecule has 19 heavy (non-hydrogen) atoms. The van der Waals surface area contributed by atoms with E-state index in [0.717, 1.165) is 5.69 Å². The van der Waals surface area contributed by atoms with Gasteiger partial charge in [0.15, 0.2) is 5.84 Å². The third-order valence-electron chi connectivity index (χ3n) is 2.44. The Morgan fingerprint density at radius 3 is 2.84 bits per heavy atom. The van der Waals surface area contributed by atoms with Crippen molar-refractivity contribution in [2.45, 2.75) is 6.61 Å². The Hall–Kier alpha value is -2.27. The molecule has 3 N–H and O–H groups in total. The van der Waals surface area contributed by atoms with Gasteiger partial charge in [-0.1, -0.05) is 22.8 Å². The van der Waals surface area contributed by atoms with Gasteiger partial charge in [-0.15, -0.1) is 0 Å². The smallest absolute Gasteiger partial charge is 0.170 e. The van der Waals surface area contributed by atoms with E-state index in [1.54, 1.807) is 24.4 Å². The summed E-state index contributed by atoms with van der Waals surface area (Å²) in [5, 5.41) is 11.9. The molecule has 1 heterocycles. The molecule has 0 aliphatic carbocycles. The maximum atomic E-state index is 8.58. The lowest BCUT2D eigenvalue weighted by Gasteiger charge is -2.08.